The van der Waals surface area contributed by atoms with Crippen LogP contribution < -0.4 is 0 Å². The van der Waals surface area contributed by atoms with E-state index in [2.05, 4.69) is 20.0 Å². The van der Waals surface area contributed by atoms with Crippen LogP contribution in [-0.4, -0.2) is 11.2 Å². The second kappa shape index (κ2) is 6.59. The number of pyridine rings is 1. The van der Waals surface area contributed by atoms with Crippen molar-refractivity contribution < 1.29 is 0 Å². The van der Waals surface area contributed by atoms with Crippen LogP contribution in [0, 0.1) is 0 Å². The number of hydrogen-bond acceptors (Lipinski definition) is 3. The first kappa shape index (κ1) is 14.6. The van der Waals surface area contributed by atoms with E-state index >= 15 is 0 Å². The van der Waals surface area contributed by atoms with Gasteiger partial charge in [-0.25, -0.2) is 0 Å². The van der Waals surface area contributed by atoms with Gasteiger partial charge in [0.1, 0.15) is 5.69 Å². The fourth-order valence-electron chi connectivity index (χ4n) is 1.43. The van der Waals surface area contributed by atoms with Crippen molar-refractivity contribution in [3.8, 4) is 0 Å². The quantitative estimate of drug-likeness (QED) is 0.307. The van der Waals surface area contributed by atoms with Crippen LogP contribution in [-0.2, 0) is 0 Å². The molecule has 0 amide bonds. The molecule has 0 radical (unpaired) electrons. The number of aliphatic imine (C=N–C) groups is 1. The second-order valence-electron chi connectivity index (χ2n) is 3.58. The summed E-state index contributed by atoms with van der Waals surface area (Å²) < 4.78 is 0. The van der Waals surface area contributed by atoms with Gasteiger partial charge in [0.05, 0.1) is 20.8 Å². The molecule has 0 bridgehead atoms. The highest BCUT2D eigenvalue weighted by Gasteiger charge is 2.06. The van der Waals surface area contributed by atoms with E-state index < -0.39 is 0 Å². The van der Waals surface area contributed by atoms with E-state index in [9.17, 15) is 0 Å². The minimum absolute atomic E-state index is 0.233. The highest BCUT2D eigenvalue weighted by molar-refractivity contribution is 6.39. The maximum atomic E-state index is 8.53. The fraction of sp³-hybridized carbons (Fsp3) is 0. The van der Waals surface area contributed by atoms with Crippen molar-refractivity contribution in [2.75, 3.05) is 0 Å². The maximum Gasteiger partial charge on any atom is 0.100 e. The summed E-state index contributed by atoms with van der Waals surface area (Å²) in [6, 6.07) is 5.06. The van der Waals surface area contributed by atoms with Crippen molar-refractivity contribution in [3.63, 3.8) is 0 Å². The molecule has 0 saturated heterocycles. The number of azide groups is 1. The molecule has 0 unspecified atom stereocenters. The Morgan fingerprint density at radius 2 is 1.75 bits per heavy atom. The van der Waals surface area contributed by atoms with E-state index in [1.54, 1.807) is 18.2 Å². The standard InChI is InChI=1S/C12H6Cl3N5/c13-8-2-1-3-9(14)12(8)18-5-7-4-17-6-10(15)11(7)19-20-16/h1-6H/b18-5+. The van der Waals surface area contributed by atoms with E-state index in [-0.39, 0.29) is 10.7 Å². The number of benzene rings is 1. The van der Waals surface area contributed by atoms with E-state index in [4.69, 9.17) is 40.3 Å². The van der Waals surface area contributed by atoms with Gasteiger partial charge in [-0.05, 0) is 17.7 Å². The molecule has 8 heteroatoms. The largest absolute Gasteiger partial charge is 0.262 e. The number of hydrogen-bond donors (Lipinski definition) is 0. The van der Waals surface area contributed by atoms with Crippen molar-refractivity contribution in [1.29, 1.82) is 0 Å². The molecule has 0 N–H and O–H groups in total. The molecule has 2 rings (SSSR count). The summed E-state index contributed by atoms with van der Waals surface area (Å²) in [6.07, 6.45) is 4.30. The number of rotatable bonds is 3. The van der Waals surface area contributed by atoms with Crippen LogP contribution in [0.2, 0.25) is 15.1 Å². The lowest BCUT2D eigenvalue weighted by Crippen LogP contribution is -1.85. The molecule has 5 nitrogen and oxygen atoms in total. The maximum absolute atomic E-state index is 8.53. The van der Waals surface area contributed by atoms with Crippen molar-refractivity contribution in [3.05, 3.63) is 61.7 Å². The molecule has 0 spiro atoms. The summed E-state index contributed by atoms with van der Waals surface area (Å²) in [7, 11) is 0. The van der Waals surface area contributed by atoms with Gasteiger partial charge in [0.2, 0.25) is 0 Å². The Labute approximate surface area is 129 Å². The van der Waals surface area contributed by atoms with Gasteiger partial charge in [0.15, 0.2) is 0 Å². The van der Waals surface area contributed by atoms with Gasteiger partial charge in [-0.15, -0.1) is 0 Å². The van der Waals surface area contributed by atoms with Crippen LogP contribution in [0.5, 0.6) is 0 Å². The van der Waals surface area contributed by atoms with Crippen LogP contribution in [0.25, 0.3) is 10.4 Å². The SMILES string of the molecule is [N-]=[N+]=Nc1c(Cl)cncc1/C=N/c1c(Cl)cccc1Cl. The zero-order chi connectivity index (χ0) is 14.5. The predicted molar refractivity (Wildman–Crippen MR) is 81.8 cm³/mol. The van der Waals surface area contributed by atoms with Crippen LogP contribution in [0.3, 0.4) is 0 Å². The van der Waals surface area contributed by atoms with Gasteiger partial charge in [0.25, 0.3) is 0 Å². The molecule has 0 atom stereocenters. The van der Waals surface area contributed by atoms with Gasteiger partial charge in [0, 0.05) is 29.1 Å². The molecule has 100 valence electrons. The molecule has 1 aromatic carbocycles. The smallest absolute Gasteiger partial charge is 0.100 e. The third kappa shape index (κ3) is 3.21. The Kier molecular flexibility index (Phi) is 4.82. The van der Waals surface area contributed by atoms with Gasteiger partial charge in [-0.2, -0.15) is 0 Å². The van der Waals surface area contributed by atoms with Crippen LogP contribution in [0.1, 0.15) is 5.56 Å². The van der Waals surface area contributed by atoms with Crippen LogP contribution >= 0.6 is 34.8 Å². The summed E-state index contributed by atoms with van der Waals surface area (Å²) in [5.41, 5.74) is 9.66. The normalized spacial score (nSPS) is 10.6. The first-order valence-electron chi connectivity index (χ1n) is 5.30. The molecule has 2 aromatic rings. The second-order valence-corrected chi connectivity index (χ2v) is 4.80. The molecule has 0 aliphatic carbocycles. The van der Waals surface area contributed by atoms with E-state index in [1.165, 1.54) is 18.6 Å². The Balaban J connectivity index is 2.47. The molecule has 0 fully saturated rings. The first-order chi connectivity index (χ1) is 9.63. The van der Waals surface area contributed by atoms with Gasteiger partial charge in [-0.1, -0.05) is 46.0 Å². The van der Waals surface area contributed by atoms with Crippen LogP contribution in [0.15, 0.2) is 40.7 Å². The topological polar surface area (TPSA) is 74.0 Å². The Bertz CT molecular complexity index is 703. The minimum atomic E-state index is 0.233. The van der Waals surface area contributed by atoms with Crippen molar-refractivity contribution in [2.24, 2.45) is 10.1 Å². The third-order valence-electron chi connectivity index (χ3n) is 2.32. The third-order valence-corrected chi connectivity index (χ3v) is 3.20. The summed E-state index contributed by atoms with van der Waals surface area (Å²) in [6.45, 7) is 0. The number of para-hydroxylation sites is 1. The molecule has 0 saturated carbocycles. The Morgan fingerprint density at radius 1 is 1.05 bits per heavy atom. The summed E-state index contributed by atoms with van der Waals surface area (Å²) in [4.78, 5) is 10.8. The summed E-state index contributed by atoms with van der Waals surface area (Å²) >= 11 is 17.9. The lowest BCUT2D eigenvalue weighted by molar-refractivity contribution is 1.29. The predicted octanol–water partition coefficient (Wildman–Crippen LogP) is 5.73. The molecule has 20 heavy (non-hydrogen) atoms. The van der Waals surface area contributed by atoms with Crippen molar-refractivity contribution in [1.82, 2.24) is 4.98 Å². The molecular formula is C12H6Cl3N5. The zero-order valence-electron chi connectivity index (χ0n) is 9.83. The van der Waals surface area contributed by atoms with Crippen molar-refractivity contribution in [2.45, 2.75) is 0 Å². The summed E-state index contributed by atoms with van der Waals surface area (Å²) in [5.74, 6) is 0. The number of nitrogens with zero attached hydrogens (tertiary/aromatic N) is 5. The Hall–Kier alpha value is -1.78. The number of halogens is 3. The monoisotopic (exact) mass is 325 g/mol. The lowest BCUT2D eigenvalue weighted by atomic mass is 10.2. The lowest BCUT2D eigenvalue weighted by Gasteiger charge is -2.02. The van der Waals surface area contributed by atoms with E-state index in [0.29, 0.717) is 21.3 Å². The van der Waals surface area contributed by atoms with Crippen molar-refractivity contribution >= 4 is 52.4 Å². The van der Waals surface area contributed by atoms with Crippen LogP contribution in [0.4, 0.5) is 11.4 Å². The highest BCUT2D eigenvalue weighted by atomic mass is 35.5. The minimum Gasteiger partial charge on any atom is -0.262 e. The average Bonchev–Trinajstić information content (AvgIpc) is 2.42. The molecular weight excluding hydrogens is 321 g/mol. The van der Waals surface area contributed by atoms with Gasteiger partial charge < -0.3 is 0 Å². The first-order valence-corrected chi connectivity index (χ1v) is 6.43. The molecule has 1 heterocycles. The van der Waals surface area contributed by atoms with E-state index in [0.717, 1.165) is 0 Å². The molecule has 0 aliphatic rings. The van der Waals surface area contributed by atoms with Gasteiger partial charge in [-0.3, -0.25) is 9.98 Å². The number of aromatic nitrogens is 1. The Morgan fingerprint density at radius 3 is 2.40 bits per heavy atom. The summed E-state index contributed by atoms with van der Waals surface area (Å²) in [5, 5.41) is 4.57. The fourth-order valence-corrected chi connectivity index (χ4v) is 2.13. The molecule has 0 aliphatic heterocycles. The highest BCUT2D eigenvalue weighted by Crippen LogP contribution is 2.33. The zero-order valence-corrected chi connectivity index (χ0v) is 12.1. The molecule has 1 aromatic heterocycles. The van der Waals surface area contributed by atoms with Gasteiger partial charge >= 0.3 is 0 Å². The average molecular weight is 327 g/mol. The van der Waals surface area contributed by atoms with E-state index in [1.807, 2.05) is 0 Å².